The highest BCUT2D eigenvalue weighted by Crippen LogP contribution is 2.24. The molecule has 1 aromatic rings. The van der Waals surface area contributed by atoms with E-state index in [9.17, 15) is 4.79 Å². The summed E-state index contributed by atoms with van der Waals surface area (Å²) in [7, 11) is 0. The molecule has 106 valence electrons. The first-order valence-corrected chi connectivity index (χ1v) is 6.51. The number of benzene rings is 1. The fraction of sp³-hybridized carbons (Fsp3) is 0.562. The lowest BCUT2D eigenvalue weighted by Crippen LogP contribution is -2.24. The Labute approximate surface area is 115 Å². The molecule has 3 heteroatoms. The molecule has 0 atom stereocenters. The Hall–Kier alpha value is -1.51. The van der Waals surface area contributed by atoms with E-state index in [0.717, 1.165) is 0 Å². The van der Waals surface area contributed by atoms with Crippen molar-refractivity contribution in [2.75, 3.05) is 6.79 Å². The molecule has 0 aromatic heterocycles. The van der Waals surface area contributed by atoms with Crippen LogP contribution in [0.3, 0.4) is 0 Å². The summed E-state index contributed by atoms with van der Waals surface area (Å²) in [4.78, 5) is 11.5. The van der Waals surface area contributed by atoms with Gasteiger partial charge in [0.25, 0.3) is 0 Å². The van der Waals surface area contributed by atoms with Crippen molar-refractivity contribution in [1.29, 1.82) is 0 Å². The van der Waals surface area contributed by atoms with E-state index in [1.807, 2.05) is 45.0 Å². The summed E-state index contributed by atoms with van der Waals surface area (Å²) in [5.74, 6) is 0.438. The van der Waals surface area contributed by atoms with Gasteiger partial charge in [0.05, 0.1) is 5.41 Å². The minimum absolute atomic E-state index is 0.0506. The molecule has 0 radical (unpaired) electrons. The van der Waals surface area contributed by atoms with Crippen LogP contribution >= 0.6 is 0 Å². The Bertz CT molecular complexity index is 419. The number of carbonyl (C=O) groups excluding carboxylic acids is 1. The van der Waals surface area contributed by atoms with Crippen LogP contribution < -0.4 is 4.74 Å². The second-order valence-electron chi connectivity index (χ2n) is 6.72. The van der Waals surface area contributed by atoms with Crippen LogP contribution in [0.2, 0.25) is 0 Å². The highest BCUT2D eigenvalue weighted by molar-refractivity contribution is 5.75. The monoisotopic (exact) mass is 264 g/mol. The van der Waals surface area contributed by atoms with Crippen molar-refractivity contribution in [3.05, 3.63) is 29.8 Å². The molecule has 1 rings (SSSR count). The number of ether oxygens (including phenoxy) is 2. The first kappa shape index (κ1) is 15.5. The zero-order valence-corrected chi connectivity index (χ0v) is 12.7. The highest BCUT2D eigenvalue weighted by Gasteiger charge is 2.23. The van der Waals surface area contributed by atoms with Gasteiger partial charge in [0.15, 0.2) is 0 Å². The van der Waals surface area contributed by atoms with E-state index in [4.69, 9.17) is 9.47 Å². The van der Waals surface area contributed by atoms with Gasteiger partial charge >= 0.3 is 5.97 Å². The SMILES string of the molecule is CC(C)(C)C(=O)OCOc1ccc(C(C)(C)C)cc1. The maximum Gasteiger partial charge on any atom is 0.314 e. The Balaban J connectivity index is 2.50. The van der Waals surface area contributed by atoms with Crippen molar-refractivity contribution in [3.63, 3.8) is 0 Å². The summed E-state index contributed by atoms with van der Waals surface area (Å²) in [5.41, 5.74) is 0.864. The van der Waals surface area contributed by atoms with Crippen molar-refractivity contribution in [2.24, 2.45) is 5.41 Å². The summed E-state index contributed by atoms with van der Waals surface area (Å²) in [6.45, 7) is 11.9. The Morgan fingerprint density at radius 3 is 1.95 bits per heavy atom. The highest BCUT2D eigenvalue weighted by atomic mass is 16.7. The van der Waals surface area contributed by atoms with Gasteiger partial charge in [-0.15, -0.1) is 0 Å². The molecule has 0 unspecified atom stereocenters. The number of esters is 1. The van der Waals surface area contributed by atoms with E-state index < -0.39 is 5.41 Å². The lowest BCUT2D eigenvalue weighted by molar-refractivity contribution is -0.159. The van der Waals surface area contributed by atoms with Crippen molar-refractivity contribution >= 4 is 5.97 Å². The predicted octanol–water partition coefficient (Wildman–Crippen LogP) is 3.91. The van der Waals surface area contributed by atoms with E-state index in [1.54, 1.807) is 0 Å². The molecule has 0 bridgehead atoms. The summed E-state index contributed by atoms with van der Waals surface area (Å²) in [6.07, 6.45) is 0. The van der Waals surface area contributed by atoms with Crippen LogP contribution in [-0.4, -0.2) is 12.8 Å². The van der Waals surface area contributed by atoms with Gasteiger partial charge in [-0.3, -0.25) is 4.79 Å². The van der Waals surface area contributed by atoms with Crippen LogP contribution in [0.4, 0.5) is 0 Å². The first-order chi connectivity index (χ1) is 8.60. The molecule has 0 heterocycles. The molecule has 0 saturated heterocycles. The van der Waals surface area contributed by atoms with Crippen LogP contribution in [0.25, 0.3) is 0 Å². The molecule has 0 saturated carbocycles. The number of hydrogen-bond donors (Lipinski definition) is 0. The van der Waals surface area contributed by atoms with Crippen LogP contribution in [0.5, 0.6) is 5.75 Å². The second kappa shape index (κ2) is 5.64. The Morgan fingerprint density at radius 2 is 1.53 bits per heavy atom. The zero-order chi connectivity index (χ0) is 14.7. The number of carbonyl (C=O) groups is 1. The van der Waals surface area contributed by atoms with Gasteiger partial charge in [0, 0.05) is 0 Å². The Morgan fingerprint density at radius 1 is 1.00 bits per heavy atom. The molecule has 0 spiro atoms. The van der Waals surface area contributed by atoms with Gasteiger partial charge in [-0.25, -0.2) is 0 Å². The van der Waals surface area contributed by atoms with Gasteiger partial charge in [-0.05, 0) is 43.9 Å². The van der Waals surface area contributed by atoms with Crippen molar-refractivity contribution in [1.82, 2.24) is 0 Å². The zero-order valence-electron chi connectivity index (χ0n) is 12.7. The van der Waals surface area contributed by atoms with Gasteiger partial charge in [0.2, 0.25) is 6.79 Å². The third-order valence-corrected chi connectivity index (χ3v) is 2.75. The fourth-order valence-electron chi connectivity index (χ4n) is 1.42. The summed E-state index contributed by atoms with van der Waals surface area (Å²) >= 11 is 0. The van der Waals surface area contributed by atoms with E-state index in [0.29, 0.717) is 5.75 Å². The van der Waals surface area contributed by atoms with Crippen molar-refractivity contribution < 1.29 is 14.3 Å². The molecule has 3 nitrogen and oxygen atoms in total. The lowest BCUT2D eigenvalue weighted by Gasteiger charge is -2.19. The minimum Gasteiger partial charge on any atom is -0.457 e. The third-order valence-electron chi connectivity index (χ3n) is 2.75. The molecular weight excluding hydrogens is 240 g/mol. The third kappa shape index (κ3) is 4.93. The van der Waals surface area contributed by atoms with Crippen LogP contribution in [0.15, 0.2) is 24.3 Å². The normalized spacial score (nSPS) is 12.1. The number of hydrogen-bond acceptors (Lipinski definition) is 3. The Kier molecular flexibility index (Phi) is 4.61. The molecule has 0 amide bonds. The van der Waals surface area contributed by atoms with Crippen molar-refractivity contribution in [3.8, 4) is 5.75 Å². The maximum atomic E-state index is 11.5. The smallest absolute Gasteiger partial charge is 0.314 e. The molecular formula is C16H24O3. The summed E-state index contributed by atoms with van der Waals surface area (Å²) in [6, 6.07) is 7.85. The molecule has 0 fully saturated rings. The van der Waals surface area contributed by atoms with Crippen LogP contribution in [-0.2, 0) is 14.9 Å². The number of rotatable bonds is 3. The second-order valence-corrected chi connectivity index (χ2v) is 6.72. The molecule has 19 heavy (non-hydrogen) atoms. The molecule has 0 aliphatic heterocycles. The van der Waals surface area contributed by atoms with Gasteiger partial charge < -0.3 is 9.47 Å². The fourth-order valence-corrected chi connectivity index (χ4v) is 1.42. The quantitative estimate of drug-likeness (QED) is 0.613. The summed E-state index contributed by atoms with van der Waals surface area (Å²) in [5, 5.41) is 0. The van der Waals surface area contributed by atoms with E-state index in [1.165, 1.54) is 5.56 Å². The van der Waals surface area contributed by atoms with Gasteiger partial charge in [-0.2, -0.15) is 0 Å². The largest absolute Gasteiger partial charge is 0.457 e. The van der Waals surface area contributed by atoms with Crippen LogP contribution in [0.1, 0.15) is 47.1 Å². The van der Waals surface area contributed by atoms with Gasteiger partial charge in [0.1, 0.15) is 5.75 Å². The first-order valence-electron chi connectivity index (χ1n) is 6.51. The molecule has 0 aliphatic rings. The van der Waals surface area contributed by atoms with E-state index in [-0.39, 0.29) is 18.2 Å². The standard InChI is InChI=1S/C16H24O3/c1-15(2,3)12-7-9-13(10-8-12)18-11-19-14(17)16(4,5)6/h7-10H,11H2,1-6H3. The molecule has 0 N–H and O–H groups in total. The minimum atomic E-state index is -0.501. The topological polar surface area (TPSA) is 35.5 Å². The lowest BCUT2D eigenvalue weighted by atomic mass is 9.87. The summed E-state index contributed by atoms with van der Waals surface area (Å²) < 4.78 is 10.4. The van der Waals surface area contributed by atoms with Gasteiger partial charge in [-0.1, -0.05) is 32.9 Å². The average molecular weight is 264 g/mol. The average Bonchev–Trinajstić information content (AvgIpc) is 2.27. The predicted molar refractivity (Wildman–Crippen MR) is 76.2 cm³/mol. The van der Waals surface area contributed by atoms with Crippen molar-refractivity contribution in [2.45, 2.75) is 47.0 Å². The van der Waals surface area contributed by atoms with E-state index in [2.05, 4.69) is 20.8 Å². The molecule has 1 aromatic carbocycles. The van der Waals surface area contributed by atoms with Crippen LogP contribution in [0, 0.1) is 5.41 Å². The maximum absolute atomic E-state index is 11.5. The molecule has 0 aliphatic carbocycles. The van der Waals surface area contributed by atoms with E-state index >= 15 is 0 Å².